The second-order valence-corrected chi connectivity index (χ2v) is 16.5. The molecule has 0 bridgehead atoms. The predicted octanol–water partition coefficient (Wildman–Crippen LogP) is 13.0. The monoisotopic (exact) mass is 991 g/mol. The number of hydrogen-bond donors (Lipinski definition) is 0. The molecule has 8 nitrogen and oxygen atoms in total. The summed E-state index contributed by atoms with van der Waals surface area (Å²) in [5.74, 6) is 1.65. The summed E-state index contributed by atoms with van der Waals surface area (Å²) in [6.45, 7) is 3.15. The van der Waals surface area contributed by atoms with Crippen LogP contribution in [0.1, 0.15) is 34.6 Å². The number of para-hydroxylation sites is 4. The first-order chi connectivity index (χ1) is 32.1. The van der Waals surface area contributed by atoms with E-state index in [-0.39, 0.29) is 26.5 Å². The summed E-state index contributed by atoms with van der Waals surface area (Å²) >= 11 is 0. The van der Waals surface area contributed by atoms with Gasteiger partial charge in [-0.15, -0.1) is 42.7 Å². The molecule has 5 aromatic heterocycles. The van der Waals surface area contributed by atoms with Crippen LogP contribution in [0.3, 0.4) is 0 Å². The van der Waals surface area contributed by atoms with Crippen molar-refractivity contribution in [3.8, 4) is 17.3 Å². The van der Waals surface area contributed by atoms with Crippen molar-refractivity contribution in [3.63, 3.8) is 0 Å². The van der Waals surface area contributed by atoms with Gasteiger partial charge in [-0.2, -0.15) is 12.1 Å². The third-order valence-electron chi connectivity index (χ3n) is 11.9. The topological polar surface area (TPSA) is 56.3 Å². The minimum Gasteiger partial charge on any atom is -0.509 e. The summed E-state index contributed by atoms with van der Waals surface area (Å²) < 4.78 is 64.9. The van der Waals surface area contributed by atoms with Crippen molar-refractivity contribution in [1.29, 1.82) is 0 Å². The summed E-state index contributed by atoms with van der Waals surface area (Å²) in [4.78, 5) is 13.4. The van der Waals surface area contributed by atoms with Gasteiger partial charge < -0.3 is 28.2 Å². The molecule has 0 saturated heterocycles. The molecular weight excluding hydrogens is 946 g/mol. The molecule has 6 aromatic carbocycles. The Morgan fingerprint density at radius 3 is 1.97 bits per heavy atom. The average molecular weight is 992 g/mol. The molecule has 0 spiro atoms. The van der Waals surface area contributed by atoms with Crippen LogP contribution in [0.2, 0.25) is 0 Å². The normalized spacial score (nSPS) is 14.8. The molecule has 9 heteroatoms. The first-order valence-electron chi connectivity index (χ1n) is 23.2. The maximum Gasteiger partial charge on any atom is 0.135 e. The second-order valence-electron chi connectivity index (χ2n) is 16.5. The molecule has 1 aliphatic rings. The maximum atomic E-state index is 8.92. The zero-order valence-electron chi connectivity index (χ0n) is 39.8. The molecule has 306 valence electrons. The summed E-state index contributed by atoms with van der Waals surface area (Å²) in [7, 11) is 0. The molecule has 0 radical (unpaired) electrons. The van der Waals surface area contributed by atoms with Crippen molar-refractivity contribution >= 4 is 88.3 Å². The van der Waals surface area contributed by atoms with Crippen molar-refractivity contribution in [2.45, 2.75) is 26.2 Å². The Balaban J connectivity index is 0.00000507. The van der Waals surface area contributed by atoms with E-state index in [0.29, 0.717) is 61.4 Å². The van der Waals surface area contributed by atoms with Crippen LogP contribution < -0.4 is 14.5 Å². The first kappa shape index (κ1) is 31.9. The summed E-state index contributed by atoms with van der Waals surface area (Å²) in [5.41, 5.74) is 7.88. The Morgan fingerprint density at radius 1 is 0.597 bits per heavy atom. The number of rotatable bonds is 5. The van der Waals surface area contributed by atoms with E-state index >= 15 is 0 Å². The summed E-state index contributed by atoms with van der Waals surface area (Å²) in [5, 5.41) is 3.77. The van der Waals surface area contributed by atoms with Gasteiger partial charge in [0.05, 0.1) is 22.2 Å². The van der Waals surface area contributed by atoms with Gasteiger partial charge in [-0.25, -0.2) is 4.98 Å². The largest absolute Gasteiger partial charge is 0.509 e. The fourth-order valence-corrected chi connectivity index (χ4v) is 9.05. The van der Waals surface area contributed by atoms with E-state index in [2.05, 4.69) is 43.5 Å². The Morgan fingerprint density at radius 2 is 1.26 bits per heavy atom. The number of ether oxygens (including phenoxy) is 1. The van der Waals surface area contributed by atoms with Crippen LogP contribution in [-0.2, 0) is 40.4 Å². The third kappa shape index (κ3) is 5.63. The van der Waals surface area contributed by atoms with Gasteiger partial charge in [0, 0.05) is 117 Å². The van der Waals surface area contributed by atoms with Gasteiger partial charge in [0.1, 0.15) is 5.82 Å². The average Bonchev–Trinajstić information content (AvgIpc) is 4.05. The first-order valence-corrected chi connectivity index (χ1v) is 20.2. The molecule has 0 atom stereocenters. The predicted molar refractivity (Wildman–Crippen MR) is 249 cm³/mol. The molecule has 6 heterocycles. The van der Waals surface area contributed by atoms with Crippen molar-refractivity contribution < 1.29 is 34.0 Å². The van der Waals surface area contributed by atoms with Crippen LogP contribution in [0.5, 0.6) is 11.5 Å². The Labute approximate surface area is 381 Å². The van der Waals surface area contributed by atoms with Crippen molar-refractivity contribution in [1.82, 2.24) is 23.7 Å². The van der Waals surface area contributed by atoms with E-state index < -0.39 is 14.0 Å². The van der Waals surface area contributed by atoms with E-state index in [0.717, 1.165) is 49.8 Å². The van der Waals surface area contributed by atoms with Gasteiger partial charge in [-0.05, 0) is 65.6 Å². The Kier molecular flexibility index (Phi) is 7.25. The van der Waals surface area contributed by atoms with E-state index in [1.807, 2.05) is 138 Å². The van der Waals surface area contributed by atoms with Crippen LogP contribution in [0, 0.1) is 18.8 Å². The van der Waals surface area contributed by atoms with Gasteiger partial charge in [0.2, 0.25) is 0 Å². The fourth-order valence-electron chi connectivity index (χ4n) is 9.05. The van der Waals surface area contributed by atoms with Crippen molar-refractivity contribution in [2.24, 2.45) is 14.0 Å². The molecule has 11 aromatic rings. The second kappa shape index (κ2) is 14.1. The van der Waals surface area contributed by atoms with E-state index in [4.69, 9.17) is 22.9 Å². The van der Waals surface area contributed by atoms with E-state index in [1.165, 1.54) is 9.13 Å². The molecule has 1 aliphatic heterocycles. The van der Waals surface area contributed by atoms with Crippen molar-refractivity contribution in [3.05, 3.63) is 170 Å². The van der Waals surface area contributed by atoms with E-state index in [9.17, 15) is 0 Å². The van der Waals surface area contributed by atoms with E-state index in [1.54, 1.807) is 18.3 Å². The zero-order chi connectivity index (χ0) is 46.1. The van der Waals surface area contributed by atoms with Gasteiger partial charge in [-0.1, -0.05) is 80.2 Å². The number of aryl methyl sites for hydroxylation is 2. The number of anilines is 4. The molecule has 0 N–H and O–H groups in total. The fraction of sp³-hybridized carbons (Fsp3) is 0.113. The Bertz CT molecular complexity index is 3720. The SMILES string of the molecule is [2H]C([2H])([2H])n1c2ccccc2c2cc3c4ccccc4n(C([2H])([2H])[2H])c3c(N3[CH-]N(c4[c-]c(Oc5[c-]c6c(cc5)c5ncccc5n6-c5cc(C(C)(C)C)ccn5)ccc4)c4ccccc43)c21.[Pt]. The number of fused-ring (bicyclic) bond motifs is 10. The smallest absolute Gasteiger partial charge is 0.135 e. The maximum absolute atomic E-state index is 8.92. The number of hydrogen-bond acceptors (Lipinski definition) is 5. The van der Waals surface area contributed by atoms with Crippen LogP contribution in [-0.4, -0.2) is 23.7 Å². The molecule has 0 saturated carbocycles. The van der Waals surface area contributed by atoms with Crippen molar-refractivity contribution in [2.75, 3.05) is 9.80 Å². The number of pyridine rings is 2. The van der Waals surface area contributed by atoms with Gasteiger partial charge in [0.15, 0.2) is 0 Å². The molecule has 62 heavy (non-hydrogen) atoms. The van der Waals surface area contributed by atoms with Gasteiger partial charge in [-0.3, -0.25) is 4.98 Å². The Hall–Kier alpha value is -6.89. The molecule has 0 fully saturated rings. The number of benzene rings is 6. The minimum atomic E-state index is -2.63. The molecule has 0 unspecified atom stereocenters. The third-order valence-corrected chi connectivity index (χ3v) is 11.9. The molecule has 0 aliphatic carbocycles. The summed E-state index contributed by atoms with van der Waals surface area (Å²) in [6, 6.07) is 49.2. The zero-order valence-corrected chi connectivity index (χ0v) is 36.1. The van der Waals surface area contributed by atoms with Crippen LogP contribution >= 0.6 is 0 Å². The molecule has 0 amide bonds. The number of nitrogens with zero attached hydrogens (tertiary/aromatic N) is 7. The number of aromatic nitrogens is 5. The summed E-state index contributed by atoms with van der Waals surface area (Å²) in [6.07, 6.45) is 3.62. The molecular formula is C53H40N7OPt-3. The van der Waals surface area contributed by atoms with Crippen LogP contribution in [0.4, 0.5) is 22.7 Å². The van der Waals surface area contributed by atoms with Crippen LogP contribution in [0.25, 0.3) is 71.4 Å². The van der Waals surface area contributed by atoms with Crippen LogP contribution in [0.15, 0.2) is 146 Å². The standard InChI is InChI=1S/C53H40N7O.Pt/c1-53(2,3)33-25-27-54-48(28-33)60-46-22-13-26-55-49(46)39-24-23-36(30-47(39)60)61-35-15-12-14-34(29-35)58-32-59(45-21-11-10-20-44(45)58)52-50-40(37-16-6-8-18-42(37)56(50)4)31-41-38-17-7-9-19-43(38)57(5)51(41)52;/h6-28,31-32H,1-5H3;/q-3;/i4D3,5D3;. The quantitative estimate of drug-likeness (QED) is 0.161. The minimum absolute atomic E-state index is 0. The van der Waals surface area contributed by atoms with Gasteiger partial charge in [0.25, 0.3) is 0 Å². The van der Waals surface area contributed by atoms with Gasteiger partial charge >= 0.3 is 0 Å². The molecule has 12 rings (SSSR count).